The molecule has 1 saturated heterocycles. The molecule has 0 aromatic heterocycles. The van der Waals surface area contributed by atoms with Gasteiger partial charge in [-0.15, -0.1) is 0 Å². The van der Waals surface area contributed by atoms with E-state index >= 15 is 0 Å². The molecule has 0 bridgehead atoms. The van der Waals surface area contributed by atoms with E-state index in [0.29, 0.717) is 43.4 Å². The molecule has 7 heteroatoms. The van der Waals surface area contributed by atoms with Gasteiger partial charge in [0.25, 0.3) is 0 Å². The Balaban J connectivity index is 1.59. The quantitative estimate of drug-likeness (QED) is 0.911. The van der Waals surface area contributed by atoms with Crippen molar-refractivity contribution in [3.8, 4) is 11.5 Å². The number of ether oxygens (including phenoxy) is 2. The highest BCUT2D eigenvalue weighted by Gasteiger charge is 2.22. The molecule has 0 aliphatic carbocycles. The minimum atomic E-state index is -0.374. The third-order valence-electron chi connectivity index (χ3n) is 4.38. The van der Waals surface area contributed by atoms with Gasteiger partial charge in [0.1, 0.15) is 5.82 Å². The SMILES string of the molecule is COc1ccc(N2CCN(C(=O)Nc3cccc(F)c3)CC2)cc1OC. The van der Waals surface area contributed by atoms with Crippen molar-refractivity contribution in [2.45, 2.75) is 0 Å². The Morgan fingerprint density at radius 1 is 1.00 bits per heavy atom. The molecule has 0 atom stereocenters. The summed E-state index contributed by atoms with van der Waals surface area (Å²) >= 11 is 0. The third kappa shape index (κ3) is 3.99. The van der Waals surface area contributed by atoms with E-state index in [-0.39, 0.29) is 11.8 Å². The Morgan fingerprint density at radius 3 is 2.38 bits per heavy atom. The molecule has 26 heavy (non-hydrogen) atoms. The van der Waals surface area contributed by atoms with Crippen LogP contribution in [0.3, 0.4) is 0 Å². The number of halogens is 1. The van der Waals surface area contributed by atoms with E-state index in [1.807, 2.05) is 18.2 Å². The first-order valence-electron chi connectivity index (χ1n) is 8.39. The van der Waals surface area contributed by atoms with Gasteiger partial charge in [-0.1, -0.05) is 6.07 Å². The van der Waals surface area contributed by atoms with Gasteiger partial charge >= 0.3 is 6.03 Å². The number of amides is 2. The van der Waals surface area contributed by atoms with Crippen LogP contribution in [0.5, 0.6) is 11.5 Å². The molecule has 2 aromatic carbocycles. The van der Waals surface area contributed by atoms with E-state index in [4.69, 9.17) is 9.47 Å². The smallest absolute Gasteiger partial charge is 0.321 e. The van der Waals surface area contributed by atoms with Crippen LogP contribution >= 0.6 is 0 Å². The van der Waals surface area contributed by atoms with E-state index in [2.05, 4.69) is 10.2 Å². The maximum Gasteiger partial charge on any atom is 0.321 e. The monoisotopic (exact) mass is 359 g/mol. The number of nitrogens with zero attached hydrogens (tertiary/aromatic N) is 2. The summed E-state index contributed by atoms with van der Waals surface area (Å²) in [6.07, 6.45) is 0. The first-order valence-corrected chi connectivity index (χ1v) is 8.39. The number of methoxy groups -OCH3 is 2. The fraction of sp³-hybridized carbons (Fsp3) is 0.316. The number of urea groups is 1. The first-order chi connectivity index (χ1) is 12.6. The van der Waals surface area contributed by atoms with Crippen LogP contribution in [0.15, 0.2) is 42.5 Å². The van der Waals surface area contributed by atoms with Crippen molar-refractivity contribution in [3.63, 3.8) is 0 Å². The van der Waals surface area contributed by atoms with Crippen LogP contribution in [0, 0.1) is 5.82 Å². The molecule has 3 rings (SSSR count). The van der Waals surface area contributed by atoms with Crippen LogP contribution in [0.2, 0.25) is 0 Å². The summed E-state index contributed by atoms with van der Waals surface area (Å²) in [7, 11) is 3.21. The first kappa shape index (κ1) is 17.8. The number of rotatable bonds is 4. The van der Waals surface area contributed by atoms with E-state index < -0.39 is 0 Å². The summed E-state index contributed by atoms with van der Waals surface area (Å²) in [5, 5.41) is 2.73. The lowest BCUT2D eigenvalue weighted by molar-refractivity contribution is 0.208. The molecule has 2 amide bonds. The second kappa shape index (κ2) is 7.95. The minimum absolute atomic E-state index is 0.220. The molecule has 0 spiro atoms. The van der Waals surface area contributed by atoms with Crippen LogP contribution in [-0.2, 0) is 0 Å². The fourth-order valence-electron chi connectivity index (χ4n) is 2.96. The molecule has 6 nitrogen and oxygen atoms in total. The Kier molecular flexibility index (Phi) is 5.46. The van der Waals surface area contributed by atoms with Crippen LogP contribution in [0.4, 0.5) is 20.6 Å². The zero-order valence-corrected chi connectivity index (χ0v) is 14.9. The summed E-state index contributed by atoms with van der Waals surface area (Å²) in [5.74, 6) is 0.988. The van der Waals surface area contributed by atoms with Gasteiger partial charge in [-0.25, -0.2) is 9.18 Å². The van der Waals surface area contributed by atoms with E-state index in [1.165, 1.54) is 12.1 Å². The van der Waals surface area contributed by atoms with Crippen molar-refractivity contribution in [1.29, 1.82) is 0 Å². The van der Waals surface area contributed by atoms with E-state index in [9.17, 15) is 9.18 Å². The average Bonchev–Trinajstić information content (AvgIpc) is 2.67. The van der Waals surface area contributed by atoms with Crippen LogP contribution in [-0.4, -0.2) is 51.3 Å². The summed E-state index contributed by atoms with van der Waals surface area (Å²) in [4.78, 5) is 16.3. The number of anilines is 2. The molecule has 1 fully saturated rings. The Labute approximate surface area is 152 Å². The Hall–Kier alpha value is -2.96. The molecular weight excluding hydrogens is 337 g/mol. The lowest BCUT2D eigenvalue weighted by Gasteiger charge is -2.36. The van der Waals surface area contributed by atoms with Crippen molar-refractivity contribution in [2.24, 2.45) is 0 Å². The lowest BCUT2D eigenvalue weighted by atomic mass is 10.2. The van der Waals surface area contributed by atoms with Crippen molar-refractivity contribution in [3.05, 3.63) is 48.3 Å². The number of carbonyl (C=O) groups is 1. The van der Waals surface area contributed by atoms with Crippen molar-refractivity contribution in [2.75, 3.05) is 50.6 Å². The van der Waals surface area contributed by atoms with Gasteiger partial charge in [-0.3, -0.25) is 0 Å². The van der Waals surface area contributed by atoms with Crippen molar-refractivity contribution < 1.29 is 18.7 Å². The molecule has 1 aliphatic rings. The number of carbonyl (C=O) groups excluding carboxylic acids is 1. The highest BCUT2D eigenvalue weighted by molar-refractivity contribution is 5.89. The Morgan fingerprint density at radius 2 is 1.73 bits per heavy atom. The van der Waals surface area contributed by atoms with Crippen molar-refractivity contribution >= 4 is 17.4 Å². The number of nitrogens with one attached hydrogen (secondary N) is 1. The van der Waals surface area contributed by atoms with Gasteiger partial charge in [0.15, 0.2) is 11.5 Å². The van der Waals surface area contributed by atoms with Gasteiger partial charge in [0.05, 0.1) is 14.2 Å². The number of benzene rings is 2. The minimum Gasteiger partial charge on any atom is -0.493 e. The Bertz CT molecular complexity index is 776. The van der Waals surface area contributed by atoms with Gasteiger partial charge in [0.2, 0.25) is 0 Å². The predicted molar refractivity (Wildman–Crippen MR) is 98.8 cm³/mol. The third-order valence-corrected chi connectivity index (χ3v) is 4.38. The maximum absolute atomic E-state index is 13.2. The molecule has 1 aliphatic heterocycles. The zero-order chi connectivity index (χ0) is 18.5. The van der Waals surface area contributed by atoms with Crippen LogP contribution in [0.25, 0.3) is 0 Å². The van der Waals surface area contributed by atoms with Crippen LogP contribution in [0.1, 0.15) is 0 Å². The molecule has 1 heterocycles. The van der Waals surface area contributed by atoms with Crippen molar-refractivity contribution in [1.82, 2.24) is 4.90 Å². The van der Waals surface area contributed by atoms with Gasteiger partial charge < -0.3 is 24.6 Å². The predicted octanol–water partition coefficient (Wildman–Crippen LogP) is 3.20. The summed E-state index contributed by atoms with van der Waals surface area (Å²) < 4.78 is 23.8. The van der Waals surface area contributed by atoms with Crippen LogP contribution < -0.4 is 19.7 Å². The molecule has 0 saturated carbocycles. The molecule has 0 radical (unpaired) electrons. The van der Waals surface area contributed by atoms with Gasteiger partial charge in [0, 0.05) is 43.6 Å². The number of piperazine rings is 1. The zero-order valence-electron chi connectivity index (χ0n) is 14.9. The molecule has 138 valence electrons. The van der Waals surface area contributed by atoms with Gasteiger partial charge in [-0.05, 0) is 30.3 Å². The van der Waals surface area contributed by atoms with E-state index in [1.54, 1.807) is 31.3 Å². The highest BCUT2D eigenvalue weighted by atomic mass is 19.1. The molecule has 2 aromatic rings. The molecule has 0 unspecified atom stereocenters. The molecule has 1 N–H and O–H groups in total. The average molecular weight is 359 g/mol. The topological polar surface area (TPSA) is 54.0 Å². The van der Waals surface area contributed by atoms with Gasteiger partial charge in [-0.2, -0.15) is 0 Å². The second-order valence-electron chi connectivity index (χ2n) is 5.95. The fourth-order valence-corrected chi connectivity index (χ4v) is 2.96. The lowest BCUT2D eigenvalue weighted by Crippen LogP contribution is -2.50. The summed E-state index contributed by atoms with van der Waals surface area (Å²) in [6.45, 7) is 2.56. The number of hydrogen-bond acceptors (Lipinski definition) is 4. The standard InChI is InChI=1S/C19H22FN3O3/c1-25-17-7-6-16(13-18(17)26-2)22-8-10-23(11-9-22)19(24)21-15-5-3-4-14(20)12-15/h3-7,12-13H,8-11H2,1-2H3,(H,21,24). The normalized spacial score (nSPS) is 14.1. The molecular formula is C19H22FN3O3. The van der Waals surface area contributed by atoms with E-state index in [0.717, 1.165) is 5.69 Å². The largest absolute Gasteiger partial charge is 0.493 e. The maximum atomic E-state index is 13.2. The summed E-state index contributed by atoms with van der Waals surface area (Å²) in [6, 6.07) is 11.4. The summed E-state index contributed by atoms with van der Waals surface area (Å²) in [5.41, 5.74) is 1.48. The number of hydrogen-bond donors (Lipinski definition) is 1. The second-order valence-corrected chi connectivity index (χ2v) is 5.95. The highest BCUT2D eigenvalue weighted by Crippen LogP contribution is 2.31.